The van der Waals surface area contributed by atoms with Crippen molar-refractivity contribution in [3.63, 3.8) is 0 Å². The number of anilines is 3. The molecule has 0 unspecified atom stereocenters. The Morgan fingerprint density at radius 1 is 0.308 bits per heavy atom. The highest BCUT2D eigenvalue weighted by molar-refractivity contribution is 5.99. The van der Waals surface area contributed by atoms with Gasteiger partial charge in [0.1, 0.15) is 5.75 Å². The van der Waals surface area contributed by atoms with E-state index in [0.717, 1.165) is 56.4 Å². The van der Waals surface area contributed by atoms with Gasteiger partial charge < -0.3 is 9.64 Å². The molecule has 13 rings (SSSR count). The maximum atomic E-state index is 7.08. The second kappa shape index (κ2) is 14.8. The molecule has 1 spiro atoms. The van der Waals surface area contributed by atoms with Crippen LogP contribution < -0.4 is 9.64 Å². The van der Waals surface area contributed by atoms with Crippen molar-refractivity contribution in [3.05, 3.63) is 270 Å². The number of hydrogen-bond acceptors (Lipinski definition) is 2. The standard InChI is InChI=1S/C63H41NO/c1-2-16-42(17-3-1)43-34-38-47(39-35-43)64(59-30-15-25-53-51-21-7-6-20-50(51)52-22-9-13-31-60(52)65-62(53)59)48-40-36-44(37-41-48)49-24-14-29-58-61(49)54-23-8-12-28-57(54)63(58)55-26-10-4-18-45(55)32-33-46-19-5-11-27-56(46)63/h1-41H. The zero-order valence-electron chi connectivity index (χ0n) is 35.5. The normalized spacial score (nSPS) is 13.1. The van der Waals surface area contributed by atoms with E-state index in [1.54, 1.807) is 0 Å². The third-order valence-corrected chi connectivity index (χ3v) is 13.8. The lowest BCUT2D eigenvalue weighted by Gasteiger charge is -2.35. The number of benzene rings is 10. The first-order valence-corrected chi connectivity index (χ1v) is 22.4. The van der Waals surface area contributed by atoms with Crippen LogP contribution in [0.25, 0.3) is 67.8 Å². The van der Waals surface area contributed by atoms with Gasteiger partial charge in [0, 0.05) is 22.5 Å². The molecular formula is C63H41NO. The third-order valence-electron chi connectivity index (χ3n) is 13.8. The predicted octanol–water partition coefficient (Wildman–Crippen LogP) is 16.8. The Hall–Kier alpha value is -8.46. The quantitative estimate of drug-likeness (QED) is 0.171. The highest BCUT2D eigenvalue weighted by Gasteiger charge is 2.49. The summed E-state index contributed by atoms with van der Waals surface area (Å²) in [7, 11) is 0. The second-order valence-electron chi connectivity index (χ2n) is 17.1. The molecule has 0 amide bonds. The van der Waals surface area contributed by atoms with Crippen molar-refractivity contribution in [1.29, 1.82) is 0 Å². The zero-order chi connectivity index (χ0) is 42.9. The number of ether oxygens (including phenoxy) is 1. The molecule has 304 valence electrons. The second-order valence-corrected chi connectivity index (χ2v) is 17.1. The lowest BCUT2D eigenvalue weighted by molar-refractivity contribution is 0.489. The Morgan fingerprint density at radius 2 is 0.785 bits per heavy atom. The van der Waals surface area contributed by atoms with E-state index in [0.29, 0.717) is 0 Å². The van der Waals surface area contributed by atoms with Crippen molar-refractivity contribution in [2.75, 3.05) is 4.90 Å². The van der Waals surface area contributed by atoms with Crippen LogP contribution in [-0.2, 0) is 5.41 Å². The van der Waals surface area contributed by atoms with E-state index in [2.05, 4.69) is 254 Å². The van der Waals surface area contributed by atoms with Crippen LogP contribution in [-0.4, -0.2) is 0 Å². The average Bonchev–Trinajstić information content (AvgIpc) is 3.48. The van der Waals surface area contributed by atoms with E-state index in [1.165, 1.54) is 61.2 Å². The molecule has 10 aromatic rings. The highest BCUT2D eigenvalue weighted by Crippen LogP contribution is 2.60. The summed E-state index contributed by atoms with van der Waals surface area (Å²) in [6.07, 6.45) is 4.59. The van der Waals surface area contributed by atoms with Gasteiger partial charge in [0.2, 0.25) is 0 Å². The van der Waals surface area contributed by atoms with Crippen molar-refractivity contribution in [1.82, 2.24) is 0 Å². The topological polar surface area (TPSA) is 12.5 Å². The molecule has 2 nitrogen and oxygen atoms in total. The van der Waals surface area contributed by atoms with Crippen molar-refractivity contribution in [3.8, 4) is 67.1 Å². The van der Waals surface area contributed by atoms with Crippen molar-refractivity contribution in [2.45, 2.75) is 5.41 Å². The first-order valence-electron chi connectivity index (χ1n) is 22.4. The van der Waals surface area contributed by atoms with Gasteiger partial charge in [-0.05, 0) is 114 Å². The van der Waals surface area contributed by atoms with E-state index in [4.69, 9.17) is 4.74 Å². The summed E-state index contributed by atoms with van der Waals surface area (Å²) in [4.78, 5) is 2.35. The maximum Gasteiger partial charge on any atom is 0.159 e. The van der Waals surface area contributed by atoms with Crippen LogP contribution >= 0.6 is 0 Å². The van der Waals surface area contributed by atoms with Crippen molar-refractivity contribution >= 4 is 29.2 Å². The molecule has 0 bridgehead atoms. The smallest absolute Gasteiger partial charge is 0.159 e. The van der Waals surface area contributed by atoms with Crippen LogP contribution in [0.1, 0.15) is 33.4 Å². The summed E-state index contributed by atoms with van der Waals surface area (Å²) in [5, 5.41) is 0. The molecular weight excluding hydrogens is 787 g/mol. The highest BCUT2D eigenvalue weighted by atomic mass is 16.5. The predicted molar refractivity (Wildman–Crippen MR) is 269 cm³/mol. The molecule has 0 atom stereocenters. The Bertz CT molecular complexity index is 3460. The molecule has 0 saturated carbocycles. The molecule has 0 aromatic heterocycles. The van der Waals surface area contributed by atoms with Crippen LogP contribution in [0.2, 0.25) is 0 Å². The first kappa shape index (κ1) is 37.1. The fourth-order valence-corrected chi connectivity index (χ4v) is 11.0. The monoisotopic (exact) mass is 827 g/mol. The molecule has 65 heavy (non-hydrogen) atoms. The zero-order valence-corrected chi connectivity index (χ0v) is 35.5. The Kier molecular flexibility index (Phi) is 8.47. The fourth-order valence-electron chi connectivity index (χ4n) is 11.0. The van der Waals surface area contributed by atoms with Gasteiger partial charge in [-0.15, -0.1) is 0 Å². The number of para-hydroxylation sites is 2. The van der Waals surface area contributed by atoms with E-state index in [9.17, 15) is 0 Å². The largest absolute Gasteiger partial charge is 0.454 e. The molecule has 0 saturated heterocycles. The van der Waals surface area contributed by atoms with Gasteiger partial charge in [-0.2, -0.15) is 0 Å². The minimum absolute atomic E-state index is 0.483. The Labute approximate surface area is 379 Å². The van der Waals surface area contributed by atoms with Crippen molar-refractivity contribution in [2.24, 2.45) is 0 Å². The van der Waals surface area contributed by atoms with Crippen LogP contribution in [0.5, 0.6) is 11.5 Å². The summed E-state index contributed by atoms with van der Waals surface area (Å²) >= 11 is 0. The summed E-state index contributed by atoms with van der Waals surface area (Å²) in [5.41, 5.74) is 22.0. The van der Waals surface area contributed by atoms with Crippen LogP contribution in [0.15, 0.2) is 237 Å². The van der Waals surface area contributed by atoms with Crippen LogP contribution in [0.3, 0.4) is 0 Å². The molecule has 0 fully saturated rings. The number of rotatable bonds is 5. The minimum atomic E-state index is -0.483. The third kappa shape index (κ3) is 5.67. The van der Waals surface area contributed by atoms with Gasteiger partial charge in [-0.3, -0.25) is 0 Å². The van der Waals surface area contributed by atoms with E-state index in [-0.39, 0.29) is 0 Å². The molecule has 1 heterocycles. The van der Waals surface area contributed by atoms with Gasteiger partial charge in [0.15, 0.2) is 5.75 Å². The van der Waals surface area contributed by atoms with Gasteiger partial charge >= 0.3 is 0 Å². The van der Waals surface area contributed by atoms with E-state index >= 15 is 0 Å². The van der Waals surface area contributed by atoms with Gasteiger partial charge in [-0.25, -0.2) is 0 Å². The number of hydrogen-bond donors (Lipinski definition) is 0. The summed E-state index contributed by atoms with van der Waals surface area (Å²) < 4.78 is 7.08. The lowest BCUT2D eigenvalue weighted by Crippen LogP contribution is -2.29. The number of fused-ring (bicyclic) bond motifs is 14. The SMILES string of the molecule is C1=Cc2ccccc2C2(c3ccccc31)c1ccccc1-c1c(-c3ccc(N(c4ccc(-c5ccccc5)cc4)c4cccc5c4Oc4ccccc4-c4ccccc4-5)cc3)cccc12. The van der Waals surface area contributed by atoms with Crippen LogP contribution in [0.4, 0.5) is 17.1 Å². The van der Waals surface area contributed by atoms with E-state index in [1.807, 2.05) is 0 Å². The molecule has 0 N–H and O–H groups in total. The summed E-state index contributed by atoms with van der Waals surface area (Å²) in [5.74, 6) is 1.66. The maximum absolute atomic E-state index is 7.08. The number of nitrogens with zero attached hydrogens (tertiary/aromatic N) is 1. The average molecular weight is 828 g/mol. The van der Waals surface area contributed by atoms with Gasteiger partial charge in [0.25, 0.3) is 0 Å². The molecule has 2 aliphatic carbocycles. The molecule has 0 radical (unpaired) electrons. The lowest BCUT2D eigenvalue weighted by atomic mass is 9.66. The van der Waals surface area contributed by atoms with Crippen molar-refractivity contribution < 1.29 is 4.74 Å². The van der Waals surface area contributed by atoms with Gasteiger partial charge in [-0.1, -0.05) is 212 Å². The first-order chi connectivity index (χ1) is 32.3. The fraction of sp³-hybridized carbons (Fsp3) is 0.0159. The van der Waals surface area contributed by atoms with Crippen LogP contribution in [0, 0.1) is 0 Å². The Balaban J connectivity index is 0.991. The molecule has 2 heteroatoms. The van der Waals surface area contributed by atoms with Gasteiger partial charge in [0.05, 0.1) is 11.1 Å². The molecule has 1 aliphatic heterocycles. The minimum Gasteiger partial charge on any atom is -0.454 e. The summed E-state index contributed by atoms with van der Waals surface area (Å²) in [6.45, 7) is 0. The Morgan fingerprint density at radius 3 is 1.48 bits per heavy atom. The molecule has 3 aliphatic rings. The molecule has 10 aromatic carbocycles. The summed E-state index contributed by atoms with van der Waals surface area (Å²) in [6, 6.07) is 86.0. The van der Waals surface area contributed by atoms with E-state index < -0.39 is 5.41 Å².